The minimum absolute atomic E-state index is 0.317. The van der Waals surface area contributed by atoms with Crippen molar-refractivity contribution in [1.29, 1.82) is 0 Å². The molecular weight excluding hydrogens is 192 g/mol. The first-order chi connectivity index (χ1) is 7.27. The number of hydrogen-bond donors (Lipinski definition) is 1. The molecule has 4 heteroatoms. The zero-order valence-corrected chi connectivity index (χ0v) is 8.95. The highest BCUT2D eigenvalue weighted by Crippen LogP contribution is 2.42. The van der Waals surface area contributed by atoms with E-state index in [1.807, 2.05) is 0 Å². The molecule has 4 nitrogen and oxygen atoms in total. The molecule has 1 saturated carbocycles. The minimum atomic E-state index is -0.317. The Hall–Kier alpha value is -0.610. The Bertz CT molecular complexity index is 284. The number of nitrogens with two attached hydrogens (primary N) is 1. The Morgan fingerprint density at radius 2 is 2.07 bits per heavy atom. The second-order valence-corrected chi connectivity index (χ2v) is 4.84. The molecule has 3 aliphatic rings. The van der Waals surface area contributed by atoms with Gasteiger partial charge in [0.1, 0.15) is 0 Å². The van der Waals surface area contributed by atoms with Gasteiger partial charge in [0.05, 0.1) is 25.1 Å². The summed E-state index contributed by atoms with van der Waals surface area (Å²) in [5.74, 6) is 1.20. The van der Waals surface area contributed by atoms with Gasteiger partial charge in [-0.25, -0.2) is 0 Å². The lowest BCUT2D eigenvalue weighted by Crippen LogP contribution is -2.44. The molecule has 2 heterocycles. The Morgan fingerprint density at radius 1 is 1.27 bits per heavy atom. The van der Waals surface area contributed by atoms with E-state index in [0.29, 0.717) is 12.0 Å². The number of hydrogen-bond acceptors (Lipinski definition) is 4. The molecule has 0 bridgehead atoms. The molecule has 0 aromatic carbocycles. The second kappa shape index (κ2) is 3.46. The first kappa shape index (κ1) is 9.60. The largest absolute Gasteiger partial charge is 0.387 e. The summed E-state index contributed by atoms with van der Waals surface area (Å²) in [5, 5.41) is 0. The average Bonchev–Trinajstić information content (AvgIpc) is 2.66. The lowest BCUT2D eigenvalue weighted by atomic mass is 9.77. The van der Waals surface area contributed by atoms with Gasteiger partial charge in [-0.1, -0.05) is 0 Å². The van der Waals surface area contributed by atoms with Crippen LogP contribution in [-0.2, 0) is 9.47 Å². The molecule has 0 aromatic heterocycles. The topological polar surface area (TPSA) is 56.8 Å². The van der Waals surface area contributed by atoms with Crippen LogP contribution in [0.15, 0.2) is 4.99 Å². The number of nitrogens with zero attached hydrogens (tertiary/aromatic N) is 1. The molecule has 84 valence electrons. The second-order valence-electron chi connectivity index (χ2n) is 4.84. The Labute approximate surface area is 89.8 Å². The van der Waals surface area contributed by atoms with E-state index in [1.165, 1.54) is 12.8 Å². The standard InChI is InChI=1S/C11H18N2O2/c12-10-2-1-8-3-4-11(7-9(8)13-10)14-5-6-15-11/h8-9H,1-7H2,(H2,12,13). The number of rotatable bonds is 0. The summed E-state index contributed by atoms with van der Waals surface area (Å²) in [7, 11) is 0. The third-order valence-electron chi connectivity index (χ3n) is 3.88. The number of ether oxygens (including phenoxy) is 2. The van der Waals surface area contributed by atoms with Crippen molar-refractivity contribution >= 4 is 5.84 Å². The Morgan fingerprint density at radius 3 is 2.87 bits per heavy atom. The maximum Gasteiger partial charge on any atom is 0.170 e. The van der Waals surface area contributed by atoms with Crippen LogP contribution in [0.2, 0.25) is 0 Å². The number of amidine groups is 1. The highest BCUT2D eigenvalue weighted by atomic mass is 16.7. The van der Waals surface area contributed by atoms with Crippen molar-refractivity contribution in [1.82, 2.24) is 0 Å². The van der Waals surface area contributed by atoms with Crippen molar-refractivity contribution in [2.75, 3.05) is 13.2 Å². The molecule has 1 saturated heterocycles. The average molecular weight is 210 g/mol. The van der Waals surface area contributed by atoms with Crippen LogP contribution in [-0.4, -0.2) is 30.9 Å². The van der Waals surface area contributed by atoms with E-state index < -0.39 is 0 Å². The van der Waals surface area contributed by atoms with Crippen molar-refractivity contribution in [2.24, 2.45) is 16.6 Å². The maximum atomic E-state index is 5.80. The fraction of sp³-hybridized carbons (Fsp3) is 0.909. The van der Waals surface area contributed by atoms with Gasteiger partial charge in [-0.3, -0.25) is 4.99 Å². The third-order valence-corrected chi connectivity index (χ3v) is 3.88. The molecule has 2 unspecified atom stereocenters. The minimum Gasteiger partial charge on any atom is -0.387 e. The predicted molar refractivity (Wildman–Crippen MR) is 56.6 cm³/mol. The van der Waals surface area contributed by atoms with Crippen molar-refractivity contribution < 1.29 is 9.47 Å². The summed E-state index contributed by atoms with van der Waals surface area (Å²) in [6, 6.07) is 0.339. The monoisotopic (exact) mass is 210 g/mol. The zero-order chi connectivity index (χ0) is 10.3. The summed E-state index contributed by atoms with van der Waals surface area (Å²) < 4.78 is 11.5. The van der Waals surface area contributed by atoms with Gasteiger partial charge in [0.25, 0.3) is 0 Å². The summed E-state index contributed by atoms with van der Waals surface area (Å²) >= 11 is 0. The van der Waals surface area contributed by atoms with E-state index in [1.54, 1.807) is 0 Å². The lowest BCUT2D eigenvalue weighted by Gasteiger charge is -2.41. The SMILES string of the molecule is NC1=NC2CC3(CCC2CC1)OCCO3. The molecule has 3 rings (SSSR count). The van der Waals surface area contributed by atoms with Gasteiger partial charge in [-0.05, 0) is 18.8 Å². The molecule has 15 heavy (non-hydrogen) atoms. The van der Waals surface area contributed by atoms with Crippen LogP contribution in [0.25, 0.3) is 0 Å². The summed E-state index contributed by atoms with van der Waals surface area (Å²) in [4.78, 5) is 4.56. The van der Waals surface area contributed by atoms with Crippen LogP contribution in [0, 0.1) is 5.92 Å². The van der Waals surface area contributed by atoms with E-state index in [0.717, 1.165) is 38.3 Å². The van der Waals surface area contributed by atoms with Crippen LogP contribution in [0.4, 0.5) is 0 Å². The fourth-order valence-electron chi connectivity index (χ4n) is 3.04. The van der Waals surface area contributed by atoms with E-state index >= 15 is 0 Å². The van der Waals surface area contributed by atoms with Crippen LogP contribution in [0.3, 0.4) is 0 Å². The van der Waals surface area contributed by atoms with E-state index in [9.17, 15) is 0 Å². The van der Waals surface area contributed by atoms with Crippen LogP contribution in [0.1, 0.15) is 32.1 Å². The zero-order valence-electron chi connectivity index (χ0n) is 8.95. The van der Waals surface area contributed by atoms with Gasteiger partial charge in [-0.15, -0.1) is 0 Å². The Kier molecular flexibility index (Phi) is 2.21. The van der Waals surface area contributed by atoms with E-state index in [4.69, 9.17) is 15.2 Å². The first-order valence-electron chi connectivity index (χ1n) is 5.87. The molecule has 0 radical (unpaired) electrons. The van der Waals surface area contributed by atoms with Crippen LogP contribution >= 0.6 is 0 Å². The fourth-order valence-corrected chi connectivity index (χ4v) is 3.04. The van der Waals surface area contributed by atoms with Gasteiger partial charge in [0.15, 0.2) is 5.79 Å². The molecule has 2 atom stereocenters. The summed E-state index contributed by atoms with van der Waals surface area (Å²) in [5.41, 5.74) is 5.80. The number of aliphatic imine (C=N–C) groups is 1. The smallest absolute Gasteiger partial charge is 0.170 e. The van der Waals surface area contributed by atoms with Gasteiger partial charge >= 0.3 is 0 Å². The summed E-state index contributed by atoms with van der Waals surface area (Å²) in [6.07, 6.45) is 5.26. The summed E-state index contributed by atoms with van der Waals surface area (Å²) in [6.45, 7) is 1.47. The van der Waals surface area contributed by atoms with Crippen molar-refractivity contribution in [2.45, 2.75) is 43.9 Å². The van der Waals surface area contributed by atoms with Crippen LogP contribution in [0.5, 0.6) is 0 Å². The van der Waals surface area contributed by atoms with Crippen LogP contribution < -0.4 is 5.73 Å². The maximum absolute atomic E-state index is 5.80. The molecular formula is C11H18N2O2. The van der Waals surface area contributed by atoms with Gasteiger partial charge < -0.3 is 15.2 Å². The number of fused-ring (bicyclic) bond motifs is 1. The first-order valence-corrected chi connectivity index (χ1v) is 5.87. The molecule has 0 amide bonds. The highest BCUT2D eigenvalue weighted by molar-refractivity contribution is 5.81. The predicted octanol–water partition coefficient (Wildman–Crippen LogP) is 1.05. The molecule has 0 aromatic rings. The molecule has 1 aliphatic carbocycles. The quantitative estimate of drug-likeness (QED) is 0.650. The molecule has 2 fully saturated rings. The van der Waals surface area contributed by atoms with E-state index in [2.05, 4.69) is 4.99 Å². The van der Waals surface area contributed by atoms with Gasteiger partial charge in [-0.2, -0.15) is 0 Å². The van der Waals surface area contributed by atoms with Crippen molar-refractivity contribution in [3.63, 3.8) is 0 Å². The Balaban J connectivity index is 1.77. The highest BCUT2D eigenvalue weighted by Gasteiger charge is 2.45. The molecule has 2 aliphatic heterocycles. The third kappa shape index (κ3) is 1.66. The lowest BCUT2D eigenvalue weighted by molar-refractivity contribution is -0.186. The molecule has 1 spiro atoms. The van der Waals surface area contributed by atoms with Crippen molar-refractivity contribution in [3.8, 4) is 0 Å². The van der Waals surface area contributed by atoms with Gasteiger partial charge in [0, 0.05) is 19.3 Å². The van der Waals surface area contributed by atoms with E-state index in [-0.39, 0.29) is 5.79 Å². The van der Waals surface area contributed by atoms with Gasteiger partial charge in [0.2, 0.25) is 0 Å². The normalized spacial score (nSPS) is 38.8. The molecule has 2 N–H and O–H groups in total. The van der Waals surface area contributed by atoms with Crippen molar-refractivity contribution in [3.05, 3.63) is 0 Å².